The second-order valence-electron chi connectivity index (χ2n) is 4.45. The molecule has 0 bridgehead atoms. The first kappa shape index (κ1) is 25.2. The number of hydrogen-bond acceptors (Lipinski definition) is 0. The van der Waals surface area contributed by atoms with Gasteiger partial charge in [0.25, 0.3) is 0 Å². The van der Waals surface area contributed by atoms with Gasteiger partial charge in [-0.05, 0) is 0 Å². The minimum absolute atomic E-state index is 7.70. The summed E-state index contributed by atoms with van der Waals surface area (Å²) in [5, 5.41) is 0. The van der Waals surface area contributed by atoms with Gasteiger partial charge in [0, 0.05) is 0 Å². The molecule has 0 atom stereocenters. The van der Waals surface area contributed by atoms with E-state index in [1.54, 1.807) is 0 Å². The summed E-state index contributed by atoms with van der Waals surface area (Å²) in [4.78, 5) is 0. The first-order valence-corrected chi connectivity index (χ1v) is 6.91. The molecule has 0 aliphatic rings. The molecule has 0 N–H and O–H groups in total. The van der Waals surface area contributed by atoms with Crippen LogP contribution in [0, 0.1) is 0 Å². The van der Waals surface area contributed by atoms with Crippen molar-refractivity contribution >= 4 is 7.88 Å². The van der Waals surface area contributed by atoms with Crippen molar-refractivity contribution in [2.75, 3.05) is 0 Å². The van der Waals surface area contributed by atoms with E-state index in [1.165, 1.54) is 0 Å². The summed E-state index contributed by atoms with van der Waals surface area (Å²) < 4.78 is 222. The molecule has 0 aromatic heterocycles. The third-order valence-electron chi connectivity index (χ3n) is 2.75. The molecular weight excluding hydrogens is 457 g/mol. The van der Waals surface area contributed by atoms with E-state index in [9.17, 15) is 78.6 Å². The van der Waals surface area contributed by atoms with Crippen LogP contribution in [0.2, 0.25) is 0 Å². The Kier molecular flexibility index (Phi) is 5.65. The Morgan fingerprint density at radius 2 is 0.692 bits per heavy atom. The van der Waals surface area contributed by atoms with Gasteiger partial charge in [-0.3, -0.25) is 0 Å². The number of hydrogen-bond donors (Lipinski definition) is 0. The van der Waals surface area contributed by atoms with Crippen LogP contribution in [0.5, 0.6) is 0 Å². The van der Waals surface area contributed by atoms with Crippen molar-refractivity contribution in [3.63, 3.8) is 0 Å². The molecule has 0 amide bonds. The molecular formula is C7HF18P. The second kappa shape index (κ2) is 5.83. The summed E-state index contributed by atoms with van der Waals surface area (Å²) in [6, 6.07) is 0. The molecule has 0 heterocycles. The minimum atomic E-state index is -10.0. The molecule has 0 aromatic rings. The third kappa shape index (κ3) is 2.95. The zero-order chi connectivity index (χ0) is 22.0. The molecule has 0 saturated heterocycles. The molecule has 0 aliphatic heterocycles. The van der Waals surface area contributed by atoms with E-state index in [0.717, 1.165) is 0 Å². The van der Waals surface area contributed by atoms with Crippen LogP contribution < -0.4 is 0 Å². The van der Waals surface area contributed by atoms with Gasteiger partial charge in [-0.2, -0.15) is 0 Å². The molecule has 0 spiro atoms. The van der Waals surface area contributed by atoms with Gasteiger partial charge < -0.3 is 0 Å². The second-order valence-corrected chi connectivity index (χ2v) is 6.79. The number of alkyl halides is 16. The third-order valence-corrected chi connectivity index (χ3v) is 4.57. The summed E-state index contributed by atoms with van der Waals surface area (Å²) in [5.74, 6) is -25.3. The van der Waals surface area contributed by atoms with Gasteiger partial charge in [-0.15, -0.1) is 0 Å². The maximum atomic E-state index is 13.0. The monoisotopic (exact) mass is 458 g/mol. The van der Waals surface area contributed by atoms with Crippen molar-refractivity contribution in [3.8, 4) is 0 Å². The molecule has 0 aromatic carbocycles. The molecule has 19 heteroatoms. The molecule has 0 saturated carbocycles. The van der Waals surface area contributed by atoms with Gasteiger partial charge in [0.1, 0.15) is 0 Å². The van der Waals surface area contributed by atoms with Crippen molar-refractivity contribution in [3.05, 3.63) is 0 Å². The molecule has 0 radical (unpaired) electrons. The normalized spacial score (nSPS) is 17.5. The number of halogens is 18. The molecule has 0 fully saturated rings. The van der Waals surface area contributed by atoms with Gasteiger partial charge in [-0.1, -0.05) is 0 Å². The van der Waals surface area contributed by atoms with Crippen LogP contribution in [0.1, 0.15) is 0 Å². The van der Waals surface area contributed by atoms with E-state index < -0.39 is 49.3 Å². The van der Waals surface area contributed by atoms with Gasteiger partial charge in [0.05, 0.1) is 0 Å². The zero-order valence-electron chi connectivity index (χ0n) is 10.8. The van der Waals surface area contributed by atoms with Crippen LogP contribution in [0.25, 0.3) is 0 Å². The fourth-order valence-corrected chi connectivity index (χ4v) is 2.21. The van der Waals surface area contributed by atoms with Crippen molar-refractivity contribution < 1.29 is 78.6 Å². The molecule has 0 nitrogen and oxygen atoms in total. The summed E-state index contributed by atoms with van der Waals surface area (Å²) in [6.07, 6.45) is -16.3. The molecule has 0 aliphatic carbocycles. The molecule has 0 unspecified atom stereocenters. The van der Waals surface area contributed by atoms with Crippen LogP contribution in [0.3, 0.4) is 0 Å². The van der Waals surface area contributed by atoms with Crippen molar-refractivity contribution in [1.82, 2.24) is 0 Å². The average Bonchev–Trinajstić information content (AvgIpc) is 2.32. The predicted molar refractivity (Wildman–Crippen MR) is 47.4 cm³/mol. The molecule has 0 rings (SSSR count). The standard InChI is InChI=1S/C7HF18P/c8-1(4(13,14)15,5(16,17)18)2(9,10)3(11,12)6(19,20)26(24,25)7(21,22)23/h26H. The maximum absolute atomic E-state index is 13.0. The average molecular weight is 458 g/mol. The fraction of sp³-hybridized carbons (Fsp3) is 1.00. The Morgan fingerprint density at radius 3 is 0.885 bits per heavy atom. The van der Waals surface area contributed by atoms with Crippen molar-refractivity contribution in [1.29, 1.82) is 0 Å². The number of rotatable bonds is 4. The summed E-state index contributed by atoms with van der Waals surface area (Å²) in [7, 11) is -10.0. The van der Waals surface area contributed by atoms with E-state index in [0.29, 0.717) is 0 Å². The van der Waals surface area contributed by atoms with Gasteiger partial charge in [0.15, 0.2) is 0 Å². The Labute approximate surface area is 129 Å². The van der Waals surface area contributed by atoms with Crippen LogP contribution in [0.4, 0.5) is 78.6 Å². The Balaban J connectivity index is 6.86. The van der Waals surface area contributed by atoms with E-state index in [-0.39, 0.29) is 0 Å². The SMILES string of the molecule is FC(F)(F)C(F)(C(F)(F)F)C(F)(F)C(F)(F)C(F)(F)[PH](F)(F)C(F)(F)F. The Bertz CT molecular complexity index is 503. The quantitative estimate of drug-likeness (QED) is 0.324. The first-order valence-electron chi connectivity index (χ1n) is 5.15. The van der Waals surface area contributed by atoms with Crippen LogP contribution in [-0.4, -0.2) is 41.4 Å². The summed E-state index contributed by atoms with van der Waals surface area (Å²) >= 11 is 0. The van der Waals surface area contributed by atoms with Crippen LogP contribution in [-0.2, 0) is 0 Å². The first-order chi connectivity index (χ1) is 10.8. The Morgan fingerprint density at radius 1 is 0.423 bits per heavy atom. The molecule has 160 valence electrons. The van der Waals surface area contributed by atoms with E-state index >= 15 is 0 Å². The van der Waals surface area contributed by atoms with Gasteiger partial charge in [0.2, 0.25) is 0 Å². The van der Waals surface area contributed by atoms with E-state index in [4.69, 9.17) is 0 Å². The van der Waals surface area contributed by atoms with Gasteiger partial charge in [-0.25, -0.2) is 0 Å². The van der Waals surface area contributed by atoms with Crippen LogP contribution >= 0.6 is 7.88 Å². The van der Waals surface area contributed by atoms with Crippen molar-refractivity contribution in [2.24, 2.45) is 0 Å². The van der Waals surface area contributed by atoms with Crippen molar-refractivity contribution in [2.45, 2.75) is 41.4 Å². The fourth-order valence-electron chi connectivity index (χ4n) is 1.31. The molecule has 26 heavy (non-hydrogen) atoms. The predicted octanol–water partition coefficient (Wildman–Crippen LogP) is 6.72. The zero-order valence-corrected chi connectivity index (χ0v) is 11.8. The summed E-state index contributed by atoms with van der Waals surface area (Å²) in [5.41, 5.74) is -17.1. The summed E-state index contributed by atoms with van der Waals surface area (Å²) in [6.45, 7) is 0. The van der Waals surface area contributed by atoms with E-state index in [1.807, 2.05) is 0 Å². The van der Waals surface area contributed by atoms with Gasteiger partial charge >= 0.3 is 128 Å². The van der Waals surface area contributed by atoms with E-state index in [2.05, 4.69) is 0 Å². The van der Waals surface area contributed by atoms with Crippen LogP contribution in [0.15, 0.2) is 0 Å². The Hall–Kier alpha value is -0.830. The topological polar surface area (TPSA) is 0 Å².